The van der Waals surface area contributed by atoms with Gasteiger partial charge in [0.05, 0.1) is 10.6 Å². The van der Waals surface area contributed by atoms with Crippen LogP contribution in [-0.4, -0.2) is 31.0 Å². The number of hydrogen-bond donors (Lipinski definition) is 2. The molecule has 6 nitrogen and oxygen atoms in total. The number of sulfone groups is 1. The van der Waals surface area contributed by atoms with Gasteiger partial charge in [-0.3, -0.25) is 4.79 Å². The molecule has 0 fully saturated rings. The summed E-state index contributed by atoms with van der Waals surface area (Å²) in [5.41, 5.74) is 6.66. The molecule has 3 rings (SSSR count). The fourth-order valence-corrected chi connectivity index (χ4v) is 4.79. The topological polar surface area (TPSA) is 102 Å². The van der Waals surface area contributed by atoms with E-state index in [9.17, 15) is 13.2 Å². The Balaban J connectivity index is 2.04. The van der Waals surface area contributed by atoms with Gasteiger partial charge in [-0.15, -0.1) is 0 Å². The minimum Gasteiger partial charge on any atom is -0.386 e. The first-order chi connectivity index (χ1) is 12.4. The van der Waals surface area contributed by atoms with E-state index >= 15 is 0 Å². The van der Waals surface area contributed by atoms with Gasteiger partial charge in [-0.2, -0.15) is 0 Å². The molecule has 8 heteroatoms. The van der Waals surface area contributed by atoms with Crippen LogP contribution in [0.25, 0.3) is 0 Å². The van der Waals surface area contributed by atoms with Gasteiger partial charge in [-0.05, 0) is 29.9 Å². The molecular formula is C18H17N3O3S2. The number of nitrogens with one attached hydrogen (secondary N) is 1. The summed E-state index contributed by atoms with van der Waals surface area (Å²) in [5.74, 6) is -2.30. The van der Waals surface area contributed by atoms with E-state index in [-0.39, 0.29) is 21.6 Å². The molecule has 0 spiro atoms. The van der Waals surface area contributed by atoms with Crippen molar-refractivity contribution in [1.82, 2.24) is 5.32 Å². The van der Waals surface area contributed by atoms with E-state index in [4.69, 9.17) is 18.0 Å². The molecule has 0 aromatic heterocycles. The van der Waals surface area contributed by atoms with Gasteiger partial charge in [0.25, 0.3) is 0 Å². The van der Waals surface area contributed by atoms with Crippen LogP contribution >= 0.6 is 12.2 Å². The number of nitrogens with zero attached hydrogens (tertiary/aromatic N) is 1. The van der Waals surface area contributed by atoms with E-state index in [1.54, 1.807) is 42.5 Å². The molecule has 1 aliphatic rings. The molecule has 2 atom stereocenters. The molecule has 0 aliphatic carbocycles. The zero-order valence-corrected chi connectivity index (χ0v) is 15.3. The van der Waals surface area contributed by atoms with Gasteiger partial charge >= 0.3 is 0 Å². The number of hydrogen-bond acceptors (Lipinski definition) is 5. The van der Waals surface area contributed by atoms with Gasteiger partial charge in [0.2, 0.25) is 11.0 Å². The van der Waals surface area contributed by atoms with Crippen LogP contribution in [0.5, 0.6) is 0 Å². The maximum atomic E-state index is 12.9. The first-order valence-corrected chi connectivity index (χ1v) is 9.96. The van der Waals surface area contributed by atoms with Crippen molar-refractivity contribution in [3.8, 4) is 0 Å². The Labute approximate surface area is 157 Å². The molecule has 0 saturated heterocycles. The smallest absolute Gasteiger partial charge is 0.237 e. The highest BCUT2D eigenvalue weighted by atomic mass is 32.2. The maximum Gasteiger partial charge on any atom is 0.237 e. The Morgan fingerprint density at radius 2 is 1.65 bits per heavy atom. The summed E-state index contributed by atoms with van der Waals surface area (Å²) in [6.45, 7) is 0. The Hall–Kier alpha value is -2.58. The molecule has 0 bridgehead atoms. The monoisotopic (exact) mass is 387 g/mol. The summed E-state index contributed by atoms with van der Waals surface area (Å²) in [5, 5.41) is 2.45. The molecule has 2 aromatic rings. The zero-order chi connectivity index (χ0) is 18.7. The zero-order valence-electron chi connectivity index (χ0n) is 13.7. The van der Waals surface area contributed by atoms with Crippen LogP contribution in [0, 0.1) is 5.92 Å². The van der Waals surface area contributed by atoms with Crippen molar-refractivity contribution in [2.24, 2.45) is 16.6 Å². The third-order valence-corrected chi connectivity index (χ3v) is 6.17. The SMILES string of the molecule is NC1=NC(=S)NC(=O)C1C(CS(=O)(=O)c1ccccc1)c1ccccc1. The van der Waals surface area contributed by atoms with Gasteiger partial charge in [-0.1, -0.05) is 48.5 Å². The molecule has 2 unspecified atom stereocenters. The van der Waals surface area contributed by atoms with Crippen molar-refractivity contribution in [2.45, 2.75) is 10.8 Å². The van der Waals surface area contributed by atoms with Crippen LogP contribution in [0.15, 0.2) is 70.6 Å². The second kappa shape index (κ2) is 7.35. The van der Waals surface area contributed by atoms with Gasteiger partial charge in [-0.25, -0.2) is 13.4 Å². The predicted molar refractivity (Wildman–Crippen MR) is 104 cm³/mol. The molecule has 0 radical (unpaired) electrons. The fourth-order valence-electron chi connectivity index (χ4n) is 2.97. The third-order valence-electron chi connectivity index (χ3n) is 4.19. The average Bonchev–Trinajstić information content (AvgIpc) is 2.61. The largest absolute Gasteiger partial charge is 0.386 e. The van der Waals surface area contributed by atoms with Crippen LogP contribution in [0.2, 0.25) is 0 Å². The molecule has 134 valence electrons. The summed E-state index contributed by atoms with van der Waals surface area (Å²) < 4.78 is 25.8. The van der Waals surface area contributed by atoms with E-state index in [2.05, 4.69) is 10.3 Å². The minimum absolute atomic E-state index is 0.0125. The first kappa shape index (κ1) is 18.2. The second-order valence-corrected chi connectivity index (χ2v) is 8.34. The molecular weight excluding hydrogens is 370 g/mol. The van der Waals surface area contributed by atoms with Gasteiger partial charge < -0.3 is 11.1 Å². The normalized spacial score (nSPS) is 18.8. The molecule has 1 aliphatic heterocycles. The first-order valence-electron chi connectivity index (χ1n) is 7.90. The standard InChI is InChI=1S/C18H17N3O3S2/c19-16-15(17(22)21-18(25)20-16)14(12-7-3-1-4-8-12)11-26(23,24)13-9-5-2-6-10-13/h1-10,14-15H,11H2,(H3,19,20,21,22,25). The lowest BCUT2D eigenvalue weighted by Crippen LogP contribution is -2.49. The molecule has 2 aromatic carbocycles. The molecule has 26 heavy (non-hydrogen) atoms. The van der Waals surface area contributed by atoms with Crippen LogP contribution in [0.1, 0.15) is 11.5 Å². The number of carbonyl (C=O) groups excluding carboxylic acids is 1. The highest BCUT2D eigenvalue weighted by molar-refractivity contribution is 7.91. The van der Waals surface area contributed by atoms with E-state index in [0.717, 1.165) is 0 Å². The second-order valence-electron chi connectivity index (χ2n) is 5.92. The molecule has 3 N–H and O–H groups in total. The van der Waals surface area contributed by atoms with Gasteiger partial charge in [0.1, 0.15) is 11.8 Å². The summed E-state index contributed by atoms with van der Waals surface area (Å²) in [6, 6.07) is 17.1. The van der Waals surface area contributed by atoms with E-state index in [0.29, 0.717) is 5.56 Å². The number of aliphatic imine (C=N–C) groups is 1. The van der Waals surface area contributed by atoms with Crippen molar-refractivity contribution >= 4 is 38.9 Å². The van der Waals surface area contributed by atoms with Crippen molar-refractivity contribution < 1.29 is 13.2 Å². The van der Waals surface area contributed by atoms with E-state index in [1.165, 1.54) is 12.1 Å². The molecule has 1 amide bonds. The lowest BCUT2D eigenvalue weighted by Gasteiger charge is -2.28. The van der Waals surface area contributed by atoms with E-state index < -0.39 is 27.6 Å². The number of nitrogens with two attached hydrogens (primary N) is 1. The Morgan fingerprint density at radius 3 is 2.23 bits per heavy atom. The number of benzene rings is 2. The fraction of sp³-hybridized carbons (Fsp3) is 0.167. The number of rotatable bonds is 5. The molecule has 1 heterocycles. The average molecular weight is 387 g/mol. The van der Waals surface area contributed by atoms with Crippen molar-refractivity contribution in [2.75, 3.05) is 5.75 Å². The number of carbonyl (C=O) groups is 1. The quantitative estimate of drug-likeness (QED) is 0.760. The van der Waals surface area contributed by atoms with Crippen molar-refractivity contribution in [3.63, 3.8) is 0 Å². The summed E-state index contributed by atoms with van der Waals surface area (Å²) in [4.78, 5) is 16.7. The van der Waals surface area contributed by atoms with Crippen LogP contribution in [0.3, 0.4) is 0 Å². The van der Waals surface area contributed by atoms with Gasteiger partial charge in [0, 0.05) is 5.92 Å². The highest BCUT2D eigenvalue weighted by Gasteiger charge is 2.38. The minimum atomic E-state index is -3.64. The highest BCUT2D eigenvalue weighted by Crippen LogP contribution is 2.30. The Morgan fingerprint density at radius 1 is 1.08 bits per heavy atom. The van der Waals surface area contributed by atoms with Crippen LogP contribution in [-0.2, 0) is 14.6 Å². The summed E-state index contributed by atoms with van der Waals surface area (Å²) >= 11 is 4.88. The number of amides is 1. The van der Waals surface area contributed by atoms with E-state index in [1.807, 2.05) is 6.07 Å². The molecule has 0 saturated carbocycles. The van der Waals surface area contributed by atoms with Gasteiger partial charge in [0.15, 0.2) is 9.84 Å². The lowest BCUT2D eigenvalue weighted by molar-refractivity contribution is -0.122. The van der Waals surface area contributed by atoms with Crippen LogP contribution in [0.4, 0.5) is 0 Å². The Bertz CT molecular complexity index is 958. The maximum absolute atomic E-state index is 12.9. The lowest BCUT2D eigenvalue weighted by atomic mass is 9.85. The number of amidine groups is 1. The van der Waals surface area contributed by atoms with Crippen LogP contribution < -0.4 is 11.1 Å². The van der Waals surface area contributed by atoms with Crippen molar-refractivity contribution in [3.05, 3.63) is 66.2 Å². The summed E-state index contributed by atoms with van der Waals surface area (Å²) in [6.07, 6.45) is 0. The Kier molecular flexibility index (Phi) is 5.15. The summed E-state index contributed by atoms with van der Waals surface area (Å²) in [7, 11) is -3.64. The predicted octanol–water partition coefficient (Wildman–Crippen LogP) is 1.63. The number of thiocarbonyl (C=S) groups is 1. The van der Waals surface area contributed by atoms with Crippen molar-refractivity contribution in [1.29, 1.82) is 0 Å². The third kappa shape index (κ3) is 3.81.